The Balaban J connectivity index is 1.57. The van der Waals surface area contributed by atoms with Crippen LogP contribution in [0.2, 0.25) is 5.02 Å². The van der Waals surface area contributed by atoms with Crippen LogP contribution in [-0.4, -0.2) is 59.3 Å². The smallest absolute Gasteiger partial charge is 0.261 e. The van der Waals surface area contributed by atoms with Gasteiger partial charge in [-0.3, -0.25) is 19.5 Å². The predicted molar refractivity (Wildman–Crippen MR) is 105 cm³/mol. The van der Waals surface area contributed by atoms with E-state index < -0.39 is 0 Å². The maximum atomic E-state index is 12.4. The van der Waals surface area contributed by atoms with E-state index in [1.807, 2.05) is 35.8 Å². The first-order valence-corrected chi connectivity index (χ1v) is 8.98. The SMILES string of the molecule is CN=C(NCCN1C(=O)c2ccccc2C1=O)N(C)Cc1cc(Cl)cn1C. The number of guanidine groups is 1. The van der Waals surface area contributed by atoms with Crippen LogP contribution in [-0.2, 0) is 13.6 Å². The van der Waals surface area contributed by atoms with Crippen LogP contribution in [0.15, 0.2) is 41.5 Å². The highest BCUT2D eigenvalue weighted by molar-refractivity contribution is 6.30. The fraction of sp³-hybridized carbons (Fsp3) is 0.316. The lowest BCUT2D eigenvalue weighted by atomic mass is 10.1. The van der Waals surface area contributed by atoms with Crippen molar-refractivity contribution in [3.63, 3.8) is 0 Å². The molecule has 3 rings (SSSR count). The number of hydrogen-bond acceptors (Lipinski definition) is 3. The van der Waals surface area contributed by atoms with E-state index in [4.69, 9.17) is 11.6 Å². The quantitative estimate of drug-likeness (QED) is 0.484. The first-order chi connectivity index (χ1) is 12.9. The summed E-state index contributed by atoms with van der Waals surface area (Å²) < 4.78 is 1.96. The van der Waals surface area contributed by atoms with Gasteiger partial charge in [-0.2, -0.15) is 0 Å². The van der Waals surface area contributed by atoms with E-state index in [2.05, 4.69) is 10.3 Å². The minimum Gasteiger partial charge on any atom is -0.354 e. The number of hydrogen-bond donors (Lipinski definition) is 1. The minimum absolute atomic E-state index is 0.251. The largest absolute Gasteiger partial charge is 0.354 e. The van der Waals surface area contributed by atoms with E-state index in [1.165, 1.54) is 4.90 Å². The highest BCUT2D eigenvalue weighted by Gasteiger charge is 2.34. The van der Waals surface area contributed by atoms with E-state index in [1.54, 1.807) is 31.3 Å². The number of aliphatic imine (C=N–C) groups is 1. The normalized spacial score (nSPS) is 13.9. The van der Waals surface area contributed by atoms with Crippen molar-refractivity contribution in [2.24, 2.45) is 12.0 Å². The van der Waals surface area contributed by atoms with Gasteiger partial charge in [0, 0.05) is 46.1 Å². The molecule has 0 bridgehead atoms. The lowest BCUT2D eigenvalue weighted by molar-refractivity contribution is 0.0657. The minimum atomic E-state index is -0.251. The Bertz CT molecular complexity index is 870. The molecule has 2 amide bonds. The molecule has 0 saturated heterocycles. The van der Waals surface area contributed by atoms with Crippen molar-refractivity contribution in [3.8, 4) is 0 Å². The zero-order chi connectivity index (χ0) is 19.6. The summed E-state index contributed by atoms with van der Waals surface area (Å²) in [6.45, 7) is 1.31. The Labute approximate surface area is 163 Å². The number of aromatic nitrogens is 1. The maximum Gasteiger partial charge on any atom is 0.261 e. The van der Waals surface area contributed by atoms with Gasteiger partial charge in [0.05, 0.1) is 22.7 Å². The molecule has 27 heavy (non-hydrogen) atoms. The summed E-state index contributed by atoms with van der Waals surface area (Å²) in [5, 5.41) is 3.89. The fourth-order valence-electron chi connectivity index (χ4n) is 3.15. The molecule has 1 aromatic carbocycles. The molecule has 1 aliphatic rings. The standard InChI is InChI=1S/C19H22ClN5O2/c1-21-19(24(3)12-14-10-13(20)11-23(14)2)22-8-9-25-17(26)15-6-4-5-7-16(15)18(25)27/h4-7,10-11H,8-9,12H2,1-3H3,(H,21,22). The molecule has 0 spiro atoms. The van der Waals surface area contributed by atoms with Gasteiger partial charge in [-0.05, 0) is 18.2 Å². The van der Waals surface area contributed by atoms with Crippen LogP contribution in [0.4, 0.5) is 0 Å². The van der Waals surface area contributed by atoms with E-state index in [-0.39, 0.29) is 18.4 Å². The summed E-state index contributed by atoms with van der Waals surface area (Å²) in [6.07, 6.45) is 1.85. The third-order valence-electron chi connectivity index (χ3n) is 4.54. The number of benzene rings is 1. The van der Waals surface area contributed by atoms with Crippen molar-refractivity contribution in [2.45, 2.75) is 6.54 Å². The first kappa shape index (κ1) is 19.0. The van der Waals surface area contributed by atoms with Gasteiger partial charge in [0.2, 0.25) is 0 Å². The van der Waals surface area contributed by atoms with Gasteiger partial charge in [-0.1, -0.05) is 23.7 Å². The molecular formula is C19H22ClN5O2. The van der Waals surface area contributed by atoms with Gasteiger partial charge < -0.3 is 14.8 Å². The lowest BCUT2D eigenvalue weighted by Crippen LogP contribution is -2.43. The zero-order valence-corrected chi connectivity index (χ0v) is 16.3. The number of nitrogens with one attached hydrogen (secondary N) is 1. The number of nitrogens with zero attached hydrogens (tertiary/aromatic N) is 4. The molecule has 1 aliphatic heterocycles. The molecule has 142 valence electrons. The summed E-state index contributed by atoms with van der Waals surface area (Å²) in [7, 11) is 5.55. The average molecular weight is 388 g/mol. The van der Waals surface area contributed by atoms with E-state index in [9.17, 15) is 9.59 Å². The second kappa shape index (κ2) is 7.84. The van der Waals surface area contributed by atoms with Crippen molar-refractivity contribution in [1.29, 1.82) is 0 Å². The Morgan fingerprint density at radius 1 is 1.22 bits per heavy atom. The molecule has 2 heterocycles. The molecule has 0 aliphatic carbocycles. The summed E-state index contributed by atoms with van der Waals surface area (Å²) in [4.78, 5) is 32.3. The van der Waals surface area contributed by atoms with Crippen LogP contribution in [0.1, 0.15) is 26.4 Å². The van der Waals surface area contributed by atoms with Crippen LogP contribution in [0.3, 0.4) is 0 Å². The summed E-state index contributed by atoms with van der Waals surface area (Å²) in [5.74, 6) is 0.169. The summed E-state index contributed by atoms with van der Waals surface area (Å²) in [6, 6.07) is 8.79. The van der Waals surface area contributed by atoms with Gasteiger partial charge in [0.25, 0.3) is 11.8 Å². The van der Waals surface area contributed by atoms with Crippen molar-refractivity contribution >= 4 is 29.4 Å². The number of rotatable bonds is 5. The Kier molecular flexibility index (Phi) is 5.51. The highest BCUT2D eigenvalue weighted by atomic mass is 35.5. The number of imide groups is 1. The third-order valence-corrected chi connectivity index (χ3v) is 4.75. The molecule has 7 nitrogen and oxygen atoms in total. The Hall–Kier alpha value is -2.80. The number of halogens is 1. The predicted octanol–water partition coefficient (Wildman–Crippen LogP) is 1.98. The van der Waals surface area contributed by atoms with Crippen molar-refractivity contribution < 1.29 is 9.59 Å². The van der Waals surface area contributed by atoms with Crippen LogP contribution in [0.25, 0.3) is 0 Å². The molecule has 1 aromatic heterocycles. The number of fused-ring (bicyclic) bond motifs is 1. The van der Waals surface area contributed by atoms with Gasteiger partial charge in [0.15, 0.2) is 5.96 Å². The molecule has 0 saturated carbocycles. The van der Waals surface area contributed by atoms with Crippen molar-refractivity contribution in [3.05, 3.63) is 58.4 Å². The molecular weight excluding hydrogens is 366 g/mol. The van der Waals surface area contributed by atoms with Crippen molar-refractivity contribution in [1.82, 2.24) is 19.7 Å². The van der Waals surface area contributed by atoms with Gasteiger partial charge >= 0.3 is 0 Å². The van der Waals surface area contributed by atoms with Gasteiger partial charge in [-0.25, -0.2) is 0 Å². The summed E-state index contributed by atoms with van der Waals surface area (Å²) in [5.41, 5.74) is 1.97. The Morgan fingerprint density at radius 3 is 2.37 bits per heavy atom. The number of amides is 2. The third kappa shape index (κ3) is 3.83. The van der Waals surface area contributed by atoms with E-state index in [0.717, 1.165) is 5.69 Å². The molecule has 2 aromatic rings. The molecule has 1 N–H and O–H groups in total. The summed E-state index contributed by atoms with van der Waals surface area (Å²) >= 11 is 6.03. The van der Waals surface area contributed by atoms with Gasteiger partial charge in [-0.15, -0.1) is 0 Å². The van der Waals surface area contributed by atoms with Gasteiger partial charge in [0.1, 0.15) is 0 Å². The lowest BCUT2D eigenvalue weighted by Gasteiger charge is -2.23. The van der Waals surface area contributed by atoms with E-state index in [0.29, 0.717) is 35.2 Å². The number of carbonyl (C=O) groups excluding carboxylic acids is 2. The van der Waals surface area contributed by atoms with Crippen LogP contribution >= 0.6 is 11.6 Å². The van der Waals surface area contributed by atoms with Crippen LogP contribution in [0, 0.1) is 0 Å². The second-order valence-electron chi connectivity index (χ2n) is 6.40. The van der Waals surface area contributed by atoms with Crippen molar-refractivity contribution in [2.75, 3.05) is 27.2 Å². The van der Waals surface area contributed by atoms with Crippen LogP contribution < -0.4 is 5.32 Å². The maximum absolute atomic E-state index is 12.4. The monoisotopic (exact) mass is 387 g/mol. The number of carbonyl (C=O) groups is 2. The Morgan fingerprint density at radius 2 is 1.85 bits per heavy atom. The zero-order valence-electron chi connectivity index (χ0n) is 15.6. The molecule has 8 heteroatoms. The first-order valence-electron chi connectivity index (χ1n) is 8.60. The molecule has 0 atom stereocenters. The second-order valence-corrected chi connectivity index (χ2v) is 6.83. The topological polar surface area (TPSA) is 69.9 Å². The molecule has 0 unspecified atom stereocenters. The average Bonchev–Trinajstić information content (AvgIpc) is 3.09. The van der Waals surface area contributed by atoms with E-state index >= 15 is 0 Å². The highest BCUT2D eigenvalue weighted by Crippen LogP contribution is 2.21. The number of aryl methyl sites for hydroxylation is 1. The molecule has 0 fully saturated rings. The molecule has 0 radical (unpaired) electrons. The van der Waals surface area contributed by atoms with Crippen LogP contribution in [0.5, 0.6) is 0 Å². The fourth-order valence-corrected chi connectivity index (χ4v) is 3.42.